The second kappa shape index (κ2) is 8.33. The number of rotatable bonds is 5. The van der Waals surface area contributed by atoms with Crippen molar-refractivity contribution < 1.29 is 9.90 Å². The van der Waals surface area contributed by atoms with E-state index >= 15 is 0 Å². The quantitative estimate of drug-likeness (QED) is 0.571. The zero-order chi connectivity index (χ0) is 21.1. The van der Waals surface area contributed by atoms with Gasteiger partial charge in [0.15, 0.2) is 5.82 Å². The average molecular weight is 397 g/mol. The number of aromatic nitrogens is 2. The van der Waals surface area contributed by atoms with Crippen molar-refractivity contribution in [2.75, 3.05) is 11.4 Å². The maximum Gasteiger partial charge on any atom is 0.335 e. The predicted octanol–water partition coefficient (Wildman–Crippen LogP) is 5.56. The number of para-hydroxylation sites is 1. The van der Waals surface area contributed by atoms with Crippen LogP contribution in [0.3, 0.4) is 0 Å². The number of aryl methyl sites for hydroxylation is 1. The summed E-state index contributed by atoms with van der Waals surface area (Å²) in [6.45, 7) is 6.75. The summed E-state index contributed by atoms with van der Waals surface area (Å²) in [6, 6.07) is 13.2. The number of hydrogen-bond donors (Lipinski definition) is 1. The summed E-state index contributed by atoms with van der Waals surface area (Å²) in [5.74, 6) is -0.264. The van der Waals surface area contributed by atoms with Crippen LogP contribution in [0.5, 0.6) is 0 Å². The maximum atomic E-state index is 11.4. The van der Waals surface area contributed by atoms with E-state index in [1.54, 1.807) is 24.3 Å². The fourth-order valence-electron chi connectivity index (χ4n) is 3.76. The van der Waals surface area contributed by atoms with Crippen molar-refractivity contribution in [2.45, 2.75) is 19.8 Å². The van der Waals surface area contributed by atoms with Gasteiger partial charge in [0.1, 0.15) is 5.69 Å². The molecule has 1 aliphatic heterocycles. The highest BCUT2D eigenvalue weighted by Crippen LogP contribution is 2.36. The summed E-state index contributed by atoms with van der Waals surface area (Å²) in [7, 11) is 0. The number of aromatic carboxylic acids is 1. The molecule has 0 unspecified atom stereocenters. The number of hydrogen-bond acceptors (Lipinski definition) is 4. The first-order valence-electron chi connectivity index (χ1n) is 9.98. The van der Waals surface area contributed by atoms with Crippen LogP contribution in [-0.2, 0) is 6.42 Å². The number of carbonyl (C=O) groups is 1. The smallest absolute Gasteiger partial charge is 0.335 e. The Morgan fingerprint density at radius 2 is 2.00 bits per heavy atom. The summed E-state index contributed by atoms with van der Waals surface area (Å²) in [5, 5.41) is 9.38. The SMILES string of the molecule is C=C/C(=C\C=C/C)c1nc2ccc(C(=O)O)cc2nc1N1CCCc2ccccc21. The van der Waals surface area contributed by atoms with Gasteiger partial charge in [0, 0.05) is 17.8 Å². The van der Waals surface area contributed by atoms with E-state index in [1.165, 1.54) is 5.56 Å². The van der Waals surface area contributed by atoms with Gasteiger partial charge in [-0.25, -0.2) is 14.8 Å². The normalized spacial score (nSPS) is 14.2. The predicted molar refractivity (Wildman–Crippen MR) is 121 cm³/mol. The zero-order valence-corrected chi connectivity index (χ0v) is 16.9. The minimum Gasteiger partial charge on any atom is -0.478 e. The molecular weight excluding hydrogens is 374 g/mol. The molecule has 0 saturated carbocycles. The fourth-order valence-corrected chi connectivity index (χ4v) is 3.76. The standard InChI is InChI=1S/C25H23N3O2/c1-3-5-9-17(4-2)23-24(28-15-8-11-18-10-6-7-12-22(18)28)27-21-16-19(25(29)30)13-14-20(21)26-23/h3-7,9-10,12-14,16H,2,8,11,15H2,1H3,(H,29,30)/b5-3-,17-9+. The molecule has 1 N–H and O–H groups in total. The lowest BCUT2D eigenvalue weighted by atomic mass is 10.0. The minimum atomic E-state index is -0.979. The molecule has 0 atom stereocenters. The van der Waals surface area contributed by atoms with Crippen molar-refractivity contribution in [3.05, 3.63) is 90.2 Å². The Morgan fingerprint density at radius 3 is 2.77 bits per heavy atom. The van der Waals surface area contributed by atoms with E-state index in [0.29, 0.717) is 16.9 Å². The van der Waals surface area contributed by atoms with Gasteiger partial charge < -0.3 is 10.0 Å². The van der Waals surface area contributed by atoms with Crippen molar-refractivity contribution >= 4 is 34.1 Å². The molecule has 0 aliphatic carbocycles. The molecule has 0 amide bonds. The van der Waals surface area contributed by atoms with Gasteiger partial charge in [-0.15, -0.1) is 0 Å². The number of carboxylic acids is 1. The highest BCUT2D eigenvalue weighted by molar-refractivity contribution is 5.94. The topological polar surface area (TPSA) is 66.3 Å². The van der Waals surface area contributed by atoms with Crippen LogP contribution in [0.2, 0.25) is 0 Å². The summed E-state index contributed by atoms with van der Waals surface area (Å²) in [6.07, 6.45) is 9.67. The highest BCUT2D eigenvalue weighted by atomic mass is 16.4. The minimum absolute atomic E-state index is 0.197. The summed E-state index contributed by atoms with van der Waals surface area (Å²) < 4.78 is 0. The molecule has 4 rings (SSSR count). The van der Waals surface area contributed by atoms with Crippen LogP contribution < -0.4 is 4.90 Å². The number of nitrogens with zero attached hydrogens (tertiary/aromatic N) is 3. The molecule has 0 spiro atoms. The molecule has 150 valence electrons. The van der Waals surface area contributed by atoms with Gasteiger partial charge in [0.25, 0.3) is 0 Å². The molecule has 0 saturated heterocycles. The average Bonchev–Trinajstić information content (AvgIpc) is 2.78. The van der Waals surface area contributed by atoms with Crippen molar-refractivity contribution in [2.24, 2.45) is 0 Å². The van der Waals surface area contributed by atoms with E-state index in [-0.39, 0.29) is 5.56 Å². The lowest BCUT2D eigenvalue weighted by Crippen LogP contribution is -2.26. The molecular formula is C25H23N3O2. The van der Waals surface area contributed by atoms with E-state index in [9.17, 15) is 9.90 Å². The lowest BCUT2D eigenvalue weighted by Gasteiger charge is -2.31. The monoisotopic (exact) mass is 397 g/mol. The van der Waals surface area contributed by atoms with Gasteiger partial charge in [-0.1, -0.05) is 49.1 Å². The molecule has 0 fully saturated rings. The molecule has 1 aliphatic rings. The van der Waals surface area contributed by atoms with Crippen LogP contribution in [0.4, 0.5) is 11.5 Å². The fraction of sp³-hybridized carbons (Fsp3) is 0.160. The van der Waals surface area contributed by atoms with Gasteiger partial charge >= 0.3 is 5.97 Å². The van der Waals surface area contributed by atoms with Gasteiger partial charge in [-0.3, -0.25) is 0 Å². The molecule has 1 aromatic heterocycles. The summed E-state index contributed by atoms with van der Waals surface area (Å²) in [5.41, 5.74) is 5.39. The van der Waals surface area contributed by atoms with Crippen LogP contribution in [-0.4, -0.2) is 27.6 Å². The second-order valence-electron chi connectivity index (χ2n) is 7.14. The molecule has 30 heavy (non-hydrogen) atoms. The van der Waals surface area contributed by atoms with Crippen LogP contribution in [0.15, 0.2) is 73.3 Å². The Morgan fingerprint density at radius 1 is 1.17 bits per heavy atom. The molecule has 5 nitrogen and oxygen atoms in total. The third-order valence-electron chi connectivity index (χ3n) is 5.22. The van der Waals surface area contributed by atoms with E-state index in [4.69, 9.17) is 9.97 Å². The van der Waals surface area contributed by atoms with Gasteiger partial charge in [-0.05, 0) is 49.6 Å². The second-order valence-corrected chi connectivity index (χ2v) is 7.14. The first-order valence-corrected chi connectivity index (χ1v) is 9.98. The van der Waals surface area contributed by atoms with Gasteiger partial charge in [0.2, 0.25) is 0 Å². The van der Waals surface area contributed by atoms with Crippen LogP contribution >= 0.6 is 0 Å². The first kappa shape index (κ1) is 19.6. The molecule has 3 aromatic rings. The Balaban J connectivity index is 1.98. The zero-order valence-electron chi connectivity index (χ0n) is 16.9. The molecule has 2 aromatic carbocycles. The summed E-state index contributed by atoms with van der Waals surface area (Å²) >= 11 is 0. The number of benzene rings is 2. The first-order chi connectivity index (χ1) is 14.6. The van der Waals surface area contributed by atoms with Crippen molar-refractivity contribution in [1.29, 1.82) is 0 Å². The number of allylic oxidation sites excluding steroid dienone is 5. The van der Waals surface area contributed by atoms with Crippen LogP contribution in [0, 0.1) is 0 Å². The van der Waals surface area contributed by atoms with E-state index in [0.717, 1.165) is 36.3 Å². The molecule has 2 heterocycles. The Bertz CT molecular complexity index is 1190. The number of fused-ring (bicyclic) bond motifs is 2. The maximum absolute atomic E-state index is 11.4. The van der Waals surface area contributed by atoms with Gasteiger partial charge in [0.05, 0.1) is 16.6 Å². The van der Waals surface area contributed by atoms with E-state index < -0.39 is 5.97 Å². The largest absolute Gasteiger partial charge is 0.478 e. The Labute approximate surface area is 175 Å². The van der Waals surface area contributed by atoms with Crippen molar-refractivity contribution in [3.8, 4) is 0 Å². The molecule has 0 bridgehead atoms. The summed E-state index contributed by atoms with van der Waals surface area (Å²) in [4.78, 5) is 23.4. The molecule has 5 heteroatoms. The number of anilines is 2. The highest BCUT2D eigenvalue weighted by Gasteiger charge is 2.24. The lowest BCUT2D eigenvalue weighted by molar-refractivity contribution is 0.0697. The van der Waals surface area contributed by atoms with E-state index in [1.807, 2.05) is 31.2 Å². The number of carboxylic acid groups (broad SMARTS) is 1. The van der Waals surface area contributed by atoms with Gasteiger partial charge in [-0.2, -0.15) is 0 Å². The Kier molecular flexibility index (Phi) is 5.44. The molecule has 0 radical (unpaired) electrons. The van der Waals surface area contributed by atoms with Crippen molar-refractivity contribution in [3.63, 3.8) is 0 Å². The van der Waals surface area contributed by atoms with Crippen molar-refractivity contribution in [1.82, 2.24) is 9.97 Å². The van der Waals surface area contributed by atoms with Crippen LogP contribution in [0.1, 0.15) is 35.0 Å². The Hall–Kier alpha value is -3.73. The third kappa shape index (κ3) is 3.62. The third-order valence-corrected chi connectivity index (χ3v) is 5.22. The van der Waals surface area contributed by atoms with E-state index in [2.05, 4.69) is 29.7 Å². The van der Waals surface area contributed by atoms with Crippen LogP contribution in [0.25, 0.3) is 16.6 Å².